The molecule has 0 aromatic heterocycles. The molecular formula is C4H10N4O2. The number of carbonyl (C=O) groups is 1. The number of hydrogen-bond donors (Lipinski definition) is 4. The van der Waals surface area contributed by atoms with Crippen molar-refractivity contribution in [3.8, 4) is 0 Å². The molecule has 10 heavy (non-hydrogen) atoms. The molecule has 0 aliphatic carbocycles. The molecule has 0 spiro atoms. The summed E-state index contributed by atoms with van der Waals surface area (Å²) in [4.78, 5) is 9.00. The minimum Gasteiger partial charge on any atom is -0.512 e. The molecule has 0 aliphatic heterocycles. The van der Waals surface area contributed by atoms with Crippen molar-refractivity contribution < 1.29 is 15.3 Å². The van der Waals surface area contributed by atoms with E-state index in [0.717, 1.165) is 6.92 Å². The normalized spacial score (nSPS) is 5.10. The highest BCUT2D eigenvalue weighted by Crippen LogP contribution is 1.42. The lowest BCUT2D eigenvalue weighted by molar-refractivity contribution is -0.134. The Kier molecular flexibility index (Phi) is 24.7. The van der Waals surface area contributed by atoms with Gasteiger partial charge < -0.3 is 16.9 Å². The van der Waals surface area contributed by atoms with Gasteiger partial charge in [0.15, 0.2) is 0 Å². The van der Waals surface area contributed by atoms with Gasteiger partial charge in [0.1, 0.15) is 0 Å². The van der Waals surface area contributed by atoms with Gasteiger partial charge in [0.2, 0.25) is 0 Å². The number of carboxylic acids is 1. The van der Waals surface area contributed by atoms with Crippen LogP contribution < -0.4 is 16.9 Å². The van der Waals surface area contributed by atoms with E-state index in [0.29, 0.717) is 0 Å². The summed E-state index contributed by atoms with van der Waals surface area (Å²) < 4.78 is 0. The predicted molar refractivity (Wildman–Crippen MR) is 33.6 cm³/mol. The van der Waals surface area contributed by atoms with Crippen LogP contribution in [0.1, 0.15) is 6.92 Å². The number of aliphatic carboxylic acids is 1. The molecule has 58 valence electrons. The Labute approximate surface area is 58.6 Å². The second-order valence-electron chi connectivity index (χ2n) is 1.02. The number of rotatable bonds is 0. The molecular weight excluding hydrogens is 136 g/mol. The zero-order valence-electron chi connectivity index (χ0n) is 5.53. The molecule has 0 fully saturated rings. The van der Waals surface area contributed by atoms with E-state index in [-0.39, 0.29) is 5.96 Å². The van der Waals surface area contributed by atoms with Gasteiger partial charge in [0, 0.05) is 6.92 Å². The first-order valence-electron chi connectivity index (χ1n) is 2.02. The fourth-order valence-electron chi connectivity index (χ4n) is 0. The van der Waals surface area contributed by atoms with Gasteiger partial charge >= 0.3 is 5.96 Å². The SMILES string of the molecule is CC(=O)O.NC(N)=[NH2+].[C-]#N. The number of carboxylic acid groups (broad SMARTS) is 1. The maximum absolute atomic E-state index is 9.00. The molecule has 6 nitrogen and oxygen atoms in total. The van der Waals surface area contributed by atoms with Gasteiger partial charge in [-0.2, -0.15) is 0 Å². The third-order valence-electron chi connectivity index (χ3n) is 0. The Bertz CT molecular complexity index is 99.7. The van der Waals surface area contributed by atoms with Crippen LogP contribution in [0.3, 0.4) is 0 Å². The zero-order chi connectivity index (χ0) is 9.15. The third kappa shape index (κ3) is 54.4. The van der Waals surface area contributed by atoms with E-state index >= 15 is 0 Å². The Hall–Kier alpha value is -1.77. The third-order valence-corrected chi connectivity index (χ3v) is 0. The van der Waals surface area contributed by atoms with Crippen molar-refractivity contribution in [2.75, 3.05) is 0 Å². The zero-order valence-corrected chi connectivity index (χ0v) is 5.53. The van der Waals surface area contributed by atoms with Crippen LogP contribution in [0.15, 0.2) is 0 Å². The molecule has 0 bridgehead atoms. The van der Waals surface area contributed by atoms with Crippen molar-refractivity contribution >= 4 is 11.9 Å². The van der Waals surface area contributed by atoms with Crippen LogP contribution in [-0.2, 0) is 4.79 Å². The van der Waals surface area contributed by atoms with Crippen molar-refractivity contribution in [2.45, 2.75) is 6.92 Å². The topological polar surface area (TPSA) is 139 Å². The van der Waals surface area contributed by atoms with Crippen LogP contribution >= 0.6 is 0 Å². The van der Waals surface area contributed by atoms with Gasteiger partial charge in [-0.05, 0) is 0 Å². The number of nitrogens with zero attached hydrogens (tertiary/aromatic N) is 1. The first-order valence-corrected chi connectivity index (χ1v) is 2.02. The lowest BCUT2D eigenvalue weighted by Crippen LogP contribution is -2.51. The van der Waals surface area contributed by atoms with Crippen molar-refractivity contribution in [1.29, 1.82) is 5.26 Å². The molecule has 6 heteroatoms. The summed E-state index contributed by atoms with van der Waals surface area (Å²) in [5, 5.41) is 18.2. The van der Waals surface area contributed by atoms with E-state index in [9.17, 15) is 0 Å². The molecule has 0 radical (unpaired) electrons. The van der Waals surface area contributed by atoms with Crippen LogP contribution in [0.25, 0.3) is 0 Å². The highest BCUT2D eigenvalue weighted by molar-refractivity contribution is 5.68. The highest BCUT2D eigenvalue weighted by atomic mass is 16.4. The van der Waals surface area contributed by atoms with E-state index in [1.807, 2.05) is 0 Å². The van der Waals surface area contributed by atoms with Gasteiger partial charge in [-0.1, -0.05) is 0 Å². The molecule has 0 unspecified atom stereocenters. The van der Waals surface area contributed by atoms with E-state index in [1.165, 1.54) is 0 Å². The predicted octanol–water partition coefficient (Wildman–Crippen LogP) is -2.79. The number of guanidine groups is 1. The van der Waals surface area contributed by atoms with E-state index in [2.05, 4.69) is 16.9 Å². The van der Waals surface area contributed by atoms with Crippen LogP contribution in [0.2, 0.25) is 0 Å². The first kappa shape index (κ1) is 15.7. The molecule has 0 heterocycles. The van der Waals surface area contributed by atoms with Gasteiger partial charge in [0.05, 0.1) is 0 Å². The Balaban J connectivity index is -0.0000000787. The summed E-state index contributed by atoms with van der Waals surface area (Å²) in [5.74, 6) is -0.917. The molecule has 0 aromatic carbocycles. The lowest BCUT2D eigenvalue weighted by atomic mass is 10.9. The maximum Gasteiger partial charge on any atom is 0.336 e. The molecule has 7 N–H and O–H groups in total. The Morgan fingerprint density at radius 1 is 1.60 bits per heavy atom. The molecule has 0 saturated carbocycles. The lowest BCUT2D eigenvalue weighted by Gasteiger charge is -1.59. The number of nitrogens with two attached hydrogens (primary N) is 3. The summed E-state index contributed by atoms with van der Waals surface area (Å²) in [6.45, 7) is 5.83. The first-order chi connectivity index (χ1) is 4.46. The van der Waals surface area contributed by atoms with E-state index in [1.54, 1.807) is 0 Å². The fourth-order valence-corrected chi connectivity index (χ4v) is 0. The van der Waals surface area contributed by atoms with Gasteiger partial charge in [0.25, 0.3) is 5.97 Å². The molecule has 0 amide bonds. The van der Waals surface area contributed by atoms with E-state index in [4.69, 9.17) is 21.7 Å². The fraction of sp³-hybridized carbons (Fsp3) is 0.250. The van der Waals surface area contributed by atoms with Crippen LogP contribution in [-0.4, -0.2) is 17.0 Å². The van der Waals surface area contributed by atoms with Crippen molar-refractivity contribution in [2.24, 2.45) is 11.5 Å². The van der Waals surface area contributed by atoms with Crippen molar-refractivity contribution in [3.63, 3.8) is 0 Å². The Morgan fingerprint density at radius 2 is 1.60 bits per heavy atom. The average Bonchev–Trinajstić information content (AvgIpc) is 1.66. The summed E-state index contributed by atoms with van der Waals surface area (Å²) in [7, 11) is 0. The maximum atomic E-state index is 9.00. The molecule has 0 aromatic rings. The molecule has 0 rings (SSSR count). The minimum absolute atomic E-state index is 0.0833. The largest absolute Gasteiger partial charge is 0.512 e. The van der Waals surface area contributed by atoms with Crippen molar-refractivity contribution in [3.05, 3.63) is 6.57 Å². The smallest absolute Gasteiger partial charge is 0.336 e. The standard InChI is InChI=1S/C2H4O2.CH5N3.CN/c1-2(3)4;2-1(3)4;1-2/h1H3,(H,3,4);(H5,2,3,4);/q;;-1/p+1. The quantitative estimate of drug-likeness (QED) is 0.166. The summed E-state index contributed by atoms with van der Waals surface area (Å²) in [6, 6.07) is 0. The Morgan fingerprint density at radius 3 is 1.60 bits per heavy atom. The monoisotopic (exact) mass is 146 g/mol. The van der Waals surface area contributed by atoms with Crippen LogP contribution in [0, 0.1) is 11.8 Å². The van der Waals surface area contributed by atoms with E-state index < -0.39 is 5.97 Å². The van der Waals surface area contributed by atoms with Crippen LogP contribution in [0.5, 0.6) is 0 Å². The van der Waals surface area contributed by atoms with Crippen LogP contribution in [0.4, 0.5) is 0 Å². The molecule has 0 atom stereocenters. The minimum atomic E-state index is -0.833. The second-order valence-corrected chi connectivity index (χ2v) is 1.02. The number of hydrogen-bond acceptors (Lipinski definition) is 2. The summed E-state index contributed by atoms with van der Waals surface area (Å²) in [6.07, 6.45) is 0. The second kappa shape index (κ2) is 15.7. The summed E-state index contributed by atoms with van der Waals surface area (Å²) >= 11 is 0. The van der Waals surface area contributed by atoms with Gasteiger partial charge in [-0.15, -0.1) is 0 Å². The molecule has 0 saturated heterocycles. The van der Waals surface area contributed by atoms with Crippen molar-refractivity contribution in [1.82, 2.24) is 0 Å². The average molecular weight is 146 g/mol. The summed E-state index contributed by atoms with van der Waals surface area (Å²) in [5.41, 5.74) is 9.17. The molecule has 0 aliphatic rings. The van der Waals surface area contributed by atoms with Gasteiger partial charge in [-0.25, -0.2) is 0 Å². The highest BCUT2D eigenvalue weighted by Gasteiger charge is 1.65. The van der Waals surface area contributed by atoms with Gasteiger partial charge in [-0.3, -0.25) is 21.7 Å².